The molecule has 0 aliphatic heterocycles. The number of Topliss-reactive ketones (excluding diaryl/α,β-unsaturated/α-hetero) is 4. The Balaban J connectivity index is 2.11. The van der Waals surface area contributed by atoms with Gasteiger partial charge in [-0.2, -0.15) is 0 Å². The topological polar surface area (TPSA) is 68.3 Å². The van der Waals surface area contributed by atoms with Crippen molar-refractivity contribution in [3.63, 3.8) is 0 Å². The fourth-order valence-corrected chi connectivity index (χ4v) is 11.8. The van der Waals surface area contributed by atoms with Gasteiger partial charge in [0.1, 0.15) is 0 Å². The molecule has 21 heavy (non-hydrogen) atoms. The molecule has 0 unspecified atom stereocenters. The van der Waals surface area contributed by atoms with Gasteiger partial charge in [0.05, 0.1) is 0 Å². The maximum absolute atomic E-state index is 12.2. The molecule has 0 aromatic heterocycles. The predicted octanol–water partition coefficient (Wildman–Crippen LogP) is 2.56. The minimum absolute atomic E-state index is 0.0108. The molecule has 112 valence electrons. The first-order chi connectivity index (χ1) is 9.51. The van der Waals surface area contributed by atoms with E-state index in [2.05, 4.69) is 0 Å². The van der Waals surface area contributed by atoms with Gasteiger partial charge in [0.25, 0.3) is 0 Å². The van der Waals surface area contributed by atoms with E-state index in [4.69, 9.17) is 0 Å². The normalized spacial score (nSPS) is 26.9. The molecule has 5 heteroatoms. The molecule has 0 spiro atoms. The van der Waals surface area contributed by atoms with Crippen molar-refractivity contribution in [3.8, 4) is 0 Å². The maximum atomic E-state index is 12.2. The Labute approximate surface area is 137 Å². The minimum atomic E-state index is -2.24. The molecule has 0 saturated heterocycles. The first kappa shape index (κ1) is 17.0. The van der Waals surface area contributed by atoms with Gasteiger partial charge in [-0.3, -0.25) is 0 Å². The molecule has 2 aliphatic rings. The molecule has 2 aliphatic carbocycles. The number of ketones is 4. The molecule has 0 amide bonds. The van der Waals surface area contributed by atoms with Crippen LogP contribution in [-0.2, 0) is 43.8 Å². The zero-order valence-electron chi connectivity index (χ0n) is 13.3. The molecule has 4 nitrogen and oxygen atoms in total. The van der Waals surface area contributed by atoms with Gasteiger partial charge in [0.15, 0.2) is 0 Å². The van der Waals surface area contributed by atoms with Crippen LogP contribution in [0, 0.1) is 10.8 Å². The fraction of sp³-hybridized carbons (Fsp3) is 0.750. The van der Waals surface area contributed by atoms with Crippen LogP contribution < -0.4 is 0 Å². The Morgan fingerprint density at radius 1 is 0.667 bits per heavy atom. The number of rotatable bonds is 2. The van der Waals surface area contributed by atoms with Crippen molar-refractivity contribution in [1.29, 1.82) is 0 Å². The summed E-state index contributed by atoms with van der Waals surface area (Å²) in [6, 6.07) is 0. The summed E-state index contributed by atoms with van der Waals surface area (Å²) < 4.78 is -1.06. The van der Waals surface area contributed by atoms with Crippen molar-refractivity contribution in [2.75, 3.05) is 0 Å². The standard InChI is InChI=1S/2C8H11O2.Hg/c2*1-8(2)4-6(9)3-7(10)5-8;/h2*3H,4-5H2,1-2H3;. The van der Waals surface area contributed by atoms with Gasteiger partial charge < -0.3 is 0 Å². The molecule has 0 aromatic rings. The Bertz CT molecular complexity index is 432. The van der Waals surface area contributed by atoms with Crippen LogP contribution in [0.4, 0.5) is 0 Å². The van der Waals surface area contributed by atoms with Crippen LogP contribution in [0.3, 0.4) is 0 Å². The number of carbonyl (C=O) groups excluding carboxylic acids is 4. The van der Waals surface area contributed by atoms with Crippen LogP contribution in [-0.4, -0.2) is 23.1 Å². The fourth-order valence-electron chi connectivity index (χ4n) is 3.63. The van der Waals surface area contributed by atoms with E-state index in [9.17, 15) is 19.2 Å². The molecule has 0 radical (unpaired) electrons. The number of carbonyl (C=O) groups is 4. The van der Waals surface area contributed by atoms with E-state index in [1.165, 1.54) is 0 Å². The first-order valence-electron chi connectivity index (χ1n) is 7.62. The van der Waals surface area contributed by atoms with Crippen LogP contribution in [0.2, 0.25) is 6.85 Å². The average molecular weight is 479 g/mol. The van der Waals surface area contributed by atoms with Crippen LogP contribution >= 0.6 is 0 Å². The predicted molar refractivity (Wildman–Crippen MR) is 73.6 cm³/mol. The summed E-state index contributed by atoms with van der Waals surface area (Å²) >= 11 is -2.24. The molecular weight excluding hydrogens is 457 g/mol. The van der Waals surface area contributed by atoms with E-state index in [-0.39, 0.29) is 34.0 Å². The molecule has 0 aromatic carbocycles. The summed E-state index contributed by atoms with van der Waals surface area (Å²) in [5.74, 6) is -0.0431. The van der Waals surface area contributed by atoms with Crippen molar-refractivity contribution in [1.82, 2.24) is 0 Å². The van der Waals surface area contributed by atoms with Crippen molar-refractivity contribution < 1.29 is 43.8 Å². The molecule has 0 heterocycles. The zero-order valence-corrected chi connectivity index (χ0v) is 18.8. The van der Waals surface area contributed by atoms with Gasteiger partial charge in [0, 0.05) is 0 Å². The molecule has 2 saturated carbocycles. The monoisotopic (exact) mass is 480 g/mol. The Morgan fingerprint density at radius 3 is 1.14 bits per heavy atom. The van der Waals surface area contributed by atoms with Crippen molar-refractivity contribution in [2.45, 2.75) is 60.2 Å². The van der Waals surface area contributed by atoms with Gasteiger partial charge in [0.2, 0.25) is 0 Å². The average Bonchev–Trinajstić information content (AvgIpc) is 2.22. The summed E-state index contributed by atoms with van der Waals surface area (Å²) in [4.78, 5) is 49.0. The Hall–Kier alpha value is -0.385. The van der Waals surface area contributed by atoms with Gasteiger partial charge in [-0.1, -0.05) is 0 Å². The van der Waals surface area contributed by atoms with Gasteiger partial charge in [-0.25, -0.2) is 0 Å². The third-order valence-corrected chi connectivity index (χ3v) is 15.4. The Morgan fingerprint density at radius 2 is 0.905 bits per heavy atom. The van der Waals surface area contributed by atoms with Crippen LogP contribution in [0.1, 0.15) is 53.4 Å². The molecule has 0 N–H and O–H groups in total. The van der Waals surface area contributed by atoms with Crippen molar-refractivity contribution in [3.05, 3.63) is 0 Å². The van der Waals surface area contributed by atoms with Crippen LogP contribution in [0.25, 0.3) is 0 Å². The number of hydrogen-bond donors (Lipinski definition) is 0. The van der Waals surface area contributed by atoms with E-state index in [0.717, 1.165) is 0 Å². The SMILES string of the molecule is CC1(C)CC(=O)[CH]([Hg][CH]2C(=O)CC(C)(C)CC2=O)C(=O)C1. The molecule has 0 bridgehead atoms. The van der Waals surface area contributed by atoms with Crippen LogP contribution in [0.15, 0.2) is 0 Å². The zero-order chi connectivity index (χ0) is 16.0. The second kappa shape index (κ2) is 5.67. The summed E-state index contributed by atoms with van der Waals surface area (Å²) in [5.41, 5.74) is -0.526. The second-order valence-corrected chi connectivity index (χ2v) is 16.4. The van der Waals surface area contributed by atoms with E-state index < -0.39 is 31.4 Å². The second-order valence-electron chi connectivity index (χ2n) is 8.24. The van der Waals surface area contributed by atoms with Gasteiger partial charge >= 0.3 is 138 Å². The van der Waals surface area contributed by atoms with E-state index in [1.807, 2.05) is 27.7 Å². The van der Waals surface area contributed by atoms with E-state index in [1.54, 1.807) is 0 Å². The van der Waals surface area contributed by atoms with Crippen molar-refractivity contribution in [2.24, 2.45) is 10.8 Å². The third-order valence-electron chi connectivity index (χ3n) is 4.64. The quantitative estimate of drug-likeness (QED) is 0.452. The first-order valence-corrected chi connectivity index (χ1v) is 14.0. The molecular formula is C16H22HgO4. The summed E-state index contributed by atoms with van der Waals surface area (Å²) in [7, 11) is 0. The van der Waals surface area contributed by atoms with Gasteiger partial charge in [-0.05, 0) is 0 Å². The third kappa shape index (κ3) is 3.88. The van der Waals surface area contributed by atoms with Gasteiger partial charge in [-0.15, -0.1) is 0 Å². The summed E-state index contributed by atoms with van der Waals surface area (Å²) in [6.45, 7) is 7.70. The Kier molecular flexibility index (Phi) is 4.59. The van der Waals surface area contributed by atoms with E-state index in [0.29, 0.717) is 25.7 Å². The van der Waals surface area contributed by atoms with E-state index >= 15 is 0 Å². The van der Waals surface area contributed by atoms with Crippen LogP contribution in [0.5, 0.6) is 0 Å². The number of hydrogen-bond acceptors (Lipinski definition) is 4. The molecule has 0 atom stereocenters. The summed E-state index contributed by atoms with van der Waals surface area (Å²) in [5, 5.41) is 0. The molecule has 2 rings (SSSR count). The van der Waals surface area contributed by atoms with Crippen molar-refractivity contribution >= 4 is 23.1 Å². The molecule has 2 fully saturated rings. The summed E-state index contributed by atoms with van der Waals surface area (Å²) in [6.07, 6.45) is 1.63.